The molecule has 0 aromatic rings. The maximum absolute atomic E-state index is 9.82. The summed E-state index contributed by atoms with van der Waals surface area (Å²) in [5, 5.41) is 37.9. The maximum Gasteiger partial charge on any atom is 0.184 e. The molecule has 13 heavy (non-hydrogen) atoms. The Bertz CT molecular complexity index is 169. The van der Waals surface area contributed by atoms with Crippen molar-refractivity contribution < 1.29 is 25.2 Å². The van der Waals surface area contributed by atoms with Gasteiger partial charge in [-0.25, -0.2) is 0 Å². The Morgan fingerprint density at radius 2 is 1.77 bits per heavy atom. The lowest BCUT2D eigenvalue weighted by Gasteiger charge is -2.45. The maximum atomic E-state index is 9.82. The quantitative estimate of drug-likeness (QED) is 0.409. The van der Waals surface area contributed by atoms with Crippen LogP contribution < -0.4 is 0 Å². The Kier molecular flexibility index (Phi) is 2.94. The largest absolute Gasteiger partial charge is 0.387 e. The topological polar surface area (TPSA) is 90.2 Å². The zero-order chi connectivity index (χ0) is 10.2. The molecule has 0 spiro atoms. The molecule has 0 amide bonds. The highest BCUT2D eigenvalue weighted by Gasteiger charge is 2.52. The molecule has 0 bridgehead atoms. The van der Waals surface area contributed by atoms with E-state index in [4.69, 9.17) is 4.74 Å². The smallest absolute Gasteiger partial charge is 0.184 e. The molecule has 4 N–H and O–H groups in total. The molecule has 5 nitrogen and oxygen atoms in total. The SMILES string of the molecule is CC[C@]1(O)[C@@H](O)C(O)O[C@H](C)[C@@H]1O. The molecular weight excluding hydrogens is 176 g/mol. The van der Waals surface area contributed by atoms with Crippen LogP contribution in [0.15, 0.2) is 0 Å². The van der Waals surface area contributed by atoms with Crippen molar-refractivity contribution >= 4 is 0 Å². The second-order valence-electron chi connectivity index (χ2n) is 3.47. The third-order valence-electron chi connectivity index (χ3n) is 2.66. The van der Waals surface area contributed by atoms with Gasteiger partial charge in [0.1, 0.15) is 17.8 Å². The Hall–Kier alpha value is -0.200. The summed E-state index contributed by atoms with van der Waals surface area (Å²) in [4.78, 5) is 0. The third-order valence-corrected chi connectivity index (χ3v) is 2.66. The van der Waals surface area contributed by atoms with Crippen molar-refractivity contribution in [1.82, 2.24) is 0 Å². The Morgan fingerprint density at radius 1 is 1.23 bits per heavy atom. The molecule has 5 heteroatoms. The van der Waals surface area contributed by atoms with Crippen LogP contribution in [0.2, 0.25) is 0 Å². The molecule has 0 radical (unpaired) electrons. The molecule has 1 heterocycles. The van der Waals surface area contributed by atoms with Crippen molar-refractivity contribution in [3.05, 3.63) is 0 Å². The fourth-order valence-corrected chi connectivity index (χ4v) is 1.62. The van der Waals surface area contributed by atoms with Crippen LogP contribution in [0.3, 0.4) is 0 Å². The van der Waals surface area contributed by atoms with Gasteiger partial charge >= 0.3 is 0 Å². The molecule has 1 rings (SSSR count). The van der Waals surface area contributed by atoms with E-state index in [2.05, 4.69) is 0 Å². The molecule has 0 aliphatic carbocycles. The first-order valence-electron chi connectivity index (χ1n) is 4.35. The van der Waals surface area contributed by atoms with Crippen LogP contribution in [0, 0.1) is 0 Å². The van der Waals surface area contributed by atoms with Gasteiger partial charge in [-0.15, -0.1) is 0 Å². The molecule has 5 atom stereocenters. The van der Waals surface area contributed by atoms with Crippen molar-refractivity contribution in [1.29, 1.82) is 0 Å². The molecule has 1 fully saturated rings. The fraction of sp³-hybridized carbons (Fsp3) is 1.00. The molecule has 78 valence electrons. The van der Waals surface area contributed by atoms with Crippen molar-refractivity contribution in [3.63, 3.8) is 0 Å². The predicted octanol–water partition coefficient (Wildman–Crippen LogP) is -1.41. The van der Waals surface area contributed by atoms with E-state index in [1.165, 1.54) is 6.92 Å². The number of aliphatic hydroxyl groups excluding tert-OH is 3. The average molecular weight is 192 g/mol. The lowest BCUT2D eigenvalue weighted by Crippen LogP contribution is -2.65. The van der Waals surface area contributed by atoms with E-state index >= 15 is 0 Å². The van der Waals surface area contributed by atoms with Gasteiger partial charge in [-0.1, -0.05) is 6.92 Å². The lowest BCUT2D eigenvalue weighted by molar-refractivity contribution is -0.314. The lowest BCUT2D eigenvalue weighted by atomic mass is 9.82. The first-order chi connectivity index (χ1) is 5.93. The summed E-state index contributed by atoms with van der Waals surface area (Å²) < 4.78 is 4.80. The van der Waals surface area contributed by atoms with Gasteiger partial charge < -0.3 is 25.2 Å². The third kappa shape index (κ3) is 1.58. The predicted molar refractivity (Wildman–Crippen MR) is 43.8 cm³/mol. The highest BCUT2D eigenvalue weighted by Crippen LogP contribution is 2.31. The molecule has 0 aromatic carbocycles. The van der Waals surface area contributed by atoms with Gasteiger partial charge in [-0.3, -0.25) is 0 Å². The number of ether oxygens (including phenoxy) is 1. The molecular formula is C8H16O5. The summed E-state index contributed by atoms with van der Waals surface area (Å²) in [5.41, 5.74) is -1.68. The minimum absolute atomic E-state index is 0.153. The highest BCUT2D eigenvalue weighted by molar-refractivity contribution is 4.99. The van der Waals surface area contributed by atoms with Gasteiger partial charge in [0.15, 0.2) is 6.29 Å². The minimum atomic E-state index is -1.68. The van der Waals surface area contributed by atoms with Crippen LogP contribution in [-0.2, 0) is 4.74 Å². The molecule has 0 aromatic heterocycles. The van der Waals surface area contributed by atoms with E-state index in [-0.39, 0.29) is 6.42 Å². The van der Waals surface area contributed by atoms with Gasteiger partial charge in [-0.2, -0.15) is 0 Å². The zero-order valence-electron chi connectivity index (χ0n) is 7.71. The molecule has 1 aliphatic heterocycles. The molecule has 1 aliphatic rings. The summed E-state index contributed by atoms with van der Waals surface area (Å²) in [7, 11) is 0. The van der Waals surface area contributed by atoms with Gasteiger partial charge in [-0.05, 0) is 13.3 Å². The van der Waals surface area contributed by atoms with E-state index in [1.807, 2.05) is 0 Å². The van der Waals surface area contributed by atoms with E-state index in [9.17, 15) is 20.4 Å². The van der Waals surface area contributed by atoms with Crippen LogP contribution in [0.4, 0.5) is 0 Å². The Labute approximate surface area is 76.6 Å². The summed E-state index contributed by atoms with van der Waals surface area (Å²) in [6.07, 6.45) is -4.63. The van der Waals surface area contributed by atoms with Gasteiger partial charge in [0, 0.05) is 0 Å². The summed E-state index contributed by atoms with van der Waals surface area (Å²) in [6.45, 7) is 3.15. The summed E-state index contributed by atoms with van der Waals surface area (Å²) in [6, 6.07) is 0. The van der Waals surface area contributed by atoms with Crippen molar-refractivity contribution in [2.24, 2.45) is 0 Å². The Balaban J connectivity index is 2.88. The fourth-order valence-electron chi connectivity index (χ4n) is 1.62. The Morgan fingerprint density at radius 3 is 2.23 bits per heavy atom. The first-order valence-corrected chi connectivity index (χ1v) is 4.35. The monoisotopic (exact) mass is 192 g/mol. The van der Waals surface area contributed by atoms with E-state index in [0.717, 1.165) is 0 Å². The minimum Gasteiger partial charge on any atom is -0.387 e. The van der Waals surface area contributed by atoms with E-state index < -0.39 is 30.2 Å². The van der Waals surface area contributed by atoms with Crippen molar-refractivity contribution in [3.8, 4) is 0 Å². The van der Waals surface area contributed by atoms with Crippen LogP contribution >= 0.6 is 0 Å². The second-order valence-corrected chi connectivity index (χ2v) is 3.47. The zero-order valence-corrected chi connectivity index (χ0v) is 7.71. The van der Waals surface area contributed by atoms with Gasteiger partial charge in [0.25, 0.3) is 0 Å². The van der Waals surface area contributed by atoms with Crippen LogP contribution in [0.25, 0.3) is 0 Å². The molecule has 1 unspecified atom stereocenters. The number of aliphatic hydroxyl groups is 4. The van der Waals surface area contributed by atoms with Crippen molar-refractivity contribution in [2.45, 2.75) is 50.5 Å². The van der Waals surface area contributed by atoms with Crippen LogP contribution in [-0.4, -0.2) is 50.6 Å². The standard InChI is InChI=1S/C8H16O5/c1-3-8(12)5(9)4(2)13-7(11)6(8)10/h4-7,9-12H,3H2,1-2H3/t4-,5+,6+,7?,8-/m1/s1. The van der Waals surface area contributed by atoms with Crippen LogP contribution in [0.5, 0.6) is 0 Å². The van der Waals surface area contributed by atoms with Crippen LogP contribution in [0.1, 0.15) is 20.3 Å². The van der Waals surface area contributed by atoms with Gasteiger partial charge in [0.05, 0.1) is 6.10 Å². The normalized spacial score (nSPS) is 52.2. The second kappa shape index (κ2) is 3.51. The highest BCUT2D eigenvalue weighted by atomic mass is 16.6. The number of hydrogen-bond acceptors (Lipinski definition) is 5. The average Bonchev–Trinajstić information content (AvgIpc) is 2.12. The van der Waals surface area contributed by atoms with Gasteiger partial charge in [0.2, 0.25) is 0 Å². The first kappa shape index (κ1) is 10.9. The van der Waals surface area contributed by atoms with E-state index in [0.29, 0.717) is 0 Å². The molecule has 1 saturated heterocycles. The van der Waals surface area contributed by atoms with Crippen molar-refractivity contribution in [2.75, 3.05) is 0 Å². The number of hydrogen-bond donors (Lipinski definition) is 4. The summed E-state index contributed by atoms with van der Waals surface area (Å²) in [5.74, 6) is 0. The number of rotatable bonds is 1. The van der Waals surface area contributed by atoms with E-state index in [1.54, 1.807) is 6.92 Å². The molecule has 0 saturated carbocycles. The summed E-state index contributed by atoms with van der Waals surface area (Å²) >= 11 is 0.